The molecule has 0 spiro atoms. The second-order valence-electron chi connectivity index (χ2n) is 2.17. The lowest BCUT2D eigenvalue weighted by atomic mass is 10.6. The average molecular weight is 353 g/mol. The minimum absolute atomic E-state index is 0.409. The molecule has 0 radical (unpaired) electrons. The van der Waals surface area contributed by atoms with Gasteiger partial charge < -0.3 is 0 Å². The Morgan fingerprint density at radius 1 is 1.43 bits per heavy atom. The standard InChI is InChI=1S/C3H3Br2N3O5S/c4-1-2(9)7(5)3(10)8(1)6-14(11,12)13/h1,6H,(H,11,12,13). The van der Waals surface area contributed by atoms with Crippen LogP contribution in [0.2, 0.25) is 0 Å². The summed E-state index contributed by atoms with van der Waals surface area (Å²) in [6, 6.07) is -0.963. The number of urea groups is 1. The second-order valence-corrected chi connectivity index (χ2v) is 4.88. The maximum Gasteiger partial charge on any atom is 0.354 e. The second kappa shape index (κ2) is 3.73. The molecule has 0 aromatic heterocycles. The largest absolute Gasteiger partial charge is 0.354 e. The molecule has 0 aromatic rings. The summed E-state index contributed by atoms with van der Waals surface area (Å²) in [6.07, 6.45) is 0. The topological polar surface area (TPSA) is 107 Å². The first-order chi connectivity index (χ1) is 6.24. The molecule has 0 aromatic carbocycles. The van der Waals surface area contributed by atoms with Gasteiger partial charge in [0.25, 0.3) is 5.91 Å². The van der Waals surface area contributed by atoms with Gasteiger partial charge in [0.1, 0.15) is 0 Å². The van der Waals surface area contributed by atoms with Crippen molar-refractivity contribution >= 4 is 54.3 Å². The van der Waals surface area contributed by atoms with Crippen LogP contribution in [0, 0.1) is 0 Å². The number of hydrogen-bond donors (Lipinski definition) is 2. The number of carbonyl (C=O) groups excluding carboxylic acids is 2. The van der Waals surface area contributed by atoms with Crippen molar-refractivity contribution in [2.45, 2.75) is 4.95 Å². The average Bonchev–Trinajstić information content (AvgIpc) is 2.20. The Labute approximate surface area is 95.5 Å². The smallest absolute Gasteiger partial charge is 0.272 e. The summed E-state index contributed by atoms with van der Waals surface area (Å²) >= 11 is 5.35. The molecule has 11 heteroatoms. The van der Waals surface area contributed by atoms with E-state index in [-0.39, 0.29) is 0 Å². The molecule has 1 aliphatic rings. The Balaban J connectivity index is 2.91. The number of nitrogens with zero attached hydrogens (tertiary/aromatic N) is 2. The van der Waals surface area contributed by atoms with Crippen LogP contribution >= 0.6 is 32.1 Å². The van der Waals surface area contributed by atoms with E-state index < -0.39 is 27.2 Å². The van der Waals surface area contributed by atoms with Crippen molar-refractivity contribution in [3.63, 3.8) is 0 Å². The van der Waals surface area contributed by atoms with E-state index in [0.29, 0.717) is 8.93 Å². The van der Waals surface area contributed by atoms with Gasteiger partial charge >= 0.3 is 16.3 Å². The van der Waals surface area contributed by atoms with Gasteiger partial charge in [-0.15, -0.1) is 0 Å². The molecule has 1 fully saturated rings. The molecule has 80 valence electrons. The molecule has 1 heterocycles. The summed E-state index contributed by atoms with van der Waals surface area (Å²) < 4.78 is 29.7. The molecule has 0 aliphatic carbocycles. The molecular formula is C3H3Br2N3O5S. The van der Waals surface area contributed by atoms with E-state index in [1.807, 2.05) is 0 Å². The Morgan fingerprint density at radius 2 is 1.93 bits per heavy atom. The highest BCUT2D eigenvalue weighted by molar-refractivity contribution is 9.10. The highest BCUT2D eigenvalue weighted by Crippen LogP contribution is 2.22. The van der Waals surface area contributed by atoms with Crippen LogP contribution in [0.3, 0.4) is 0 Å². The van der Waals surface area contributed by atoms with Crippen molar-refractivity contribution in [3.8, 4) is 0 Å². The molecule has 14 heavy (non-hydrogen) atoms. The molecular weight excluding hydrogens is 350 g/mol. The van der Waals surface area contributed by atoms with Crippen LogP contribution in [0.4, 0.5) is 4.79 Å². The number of carbonyl (C=O) groups is 2. The number of nitrogens with one attached hydrogen (secondary N) is 1. The van der Waals surface area contributed by atoms with Crippen LogP contribution in [0.15, 0.2) is 0 Å². The molecule has 1 aliphatic heterocycles. The van der Waals surface area contributed by atoms with Gasteiger partial charge in [0.15, 0.2) is 4.95 Å². The third-order valence-electron chi connectivity index (χ3n) is 1.21. The van der Waals surface area contributed by atoms with Crippen LogP contribution in [0.1, 0.15) is 0 Å². The number of halogens is 2. The van der Waals surface area contributed by atoms with Crippen LogP contribution in [0.5, 0.6) is 0 Å². The third kappa shape index (κ3) is 2.23. The van der Waals surface area contributed by atoms with Gasteiger partial charge in [-0.3, -0.25) is 9.35 Å². The van der Waals surface area contributed by atoms with Crippen LogP contribution in [-0.2, 0) is 15.1 Å². The lowest BCUT2D eigenvalue weighted by Crippen LogP contribution is -2.46. The Bertz CT molecular complexity index is 382. The summed E-state index contributed by atoms with van der Waals surface area (Å²) in [5, 5.41) is 0.409. The van der Waals surface area contributed by atoms with Crippen LogP contribution in [0.25, 0.3) is 0 Å². The van der Waals surface area contributed by atoms with Crippen LogP contribution in [-0.4, -0.2) is 38.8 Å². The van der Waals surface area contributed by atoms with Gasteiger partial charge in [0.2, 0.25) is 0 Å². The van der Waals surface area contributed by atoms with Crippen molar-refractivity contribution in [1.82, 2.24) is 13.8 Å². The molecule has 1 atom stereocenters. The SMILES string of the molecule is O=C1C(Br)N(NS(=O)(=O)O)C(=O)N1Br. The third-order valence-corrected chi connectivity index (χ3v) is 3.09. The lowest BCUT2D eigenvalue weighted by Gasteiger charge is -2.15. The number of hydrogen-bond acceptors (Lipinski definition) is 4. The summed E-state index contributed by atoms with van der Waals surface area (Å²) in [6.45, 7) is 0. The Morgan fingerprint density at radius 3 is 2.21 bits per heavy atom. The van der Waals surface area contributed by atoms with Crippen molar-refractivity contribution in [2.24, 2.45) is 0 Å². The fourth-order valence-corrected chi connectivity index (χ4v) is 2.39. The summed E-state index contributed by atoms with van der Waals surface area (Å²) in [4.78, 5) is 22.4. The maximum atomic E-state index is 11.1. The van der Waals surface area contributed by atoms with Gasteiger partial charge in [-0.1, -0.05) is 20.8 Å². The quantitative estimate of drug-likeness (QED) is 0.231. The zero-order valence-corrected chi connectivity index (χ0v) is 10.2. The first-order valence-electron chi connectivity index (χ1n) is 2.96. The highest BCUT2D eigenvalue weighted by atomic mass is 79.9. The zero-order chi connectivity index (χ0) is 11.1. The van der Waals surface area contributed by atoms with E-state index in [2.05, 4.69) is 32.1 Å². The van der Waals surface area contributed by atoms with Crippen molar-refractivity contribution in [2.75, 3.05) is 0 Å². The summed E-state index contributed by atoms with van der Waals surface area (Å²) in [5.74, 6) is -0.717. The molecule has 8 nitrogen and oxygen atoms in total. The molecule has 3 amide bonds. The number of imide groups is 1. The van der Waals surface area contributed by atoms with Gasteiger partial charge in [-0.2, -0.15) is 12.3 Å². The molecule has 0 saturated carbocycles. The van der Waals surface area contributed by atoms with Crippen molar-refractivity contribution in [1.29, 1.82) is 0 Å². The predicted molar refractivity (Wildman–Crippen MR) is 50.4 cm³/mol. The fraction of sp³-hybridized carbons (Fsp3) is 0.333. The Hall–Kier alpha value is -0.230. The van der Waals surface area contributed by atoms with E-state index in [4.69, 9.17) is 4.55 Å². The molecule has 0 bridgehead atoms. The van der Waals surface area contributed by atoms with Gasteiger partial charge in [-0.05, 0) is 0 Å². The number of amides is 3. The van der Waals surface area contributed by atoms with E-state index >= 15 is 0 Å². The predicted octanol–water partition coefficient (Wildman–Crippen LogP) is -0.411. The van der Waals surface area contributed by atoms with Gasteiger partial charge in [0, 0.05) is 0 Å². The minimum Gasteiger partial charge on any atom is -0.272 e. The van der Waals surface area contributed by atoms with Gasteiger partial charge in [-0.25, -0.2) is 9.80 Å². The van der Waals surface area contributed by atoms with Crippen molar-refractivity contribution < 1.29 is 22.6 Å². The van der Waals surface area contributed by atoms with E-state index in [1.54, 1.807) is 0 Å². The number of alkyl halides is 1. The van der Waals surface area contributed by atoms with E-state index in [1.165, 1.54) is 4.83 Å². The van der Waals surface area contributed by atoms with E-state index in [0.717, 1.165) is 0 Å². The molecule has 1 unspecified atom stereocenters. The monoisotopic (exact) mass is 351 g/mol. The number of hydrazine groups is 1. The highest BCUT2D eigenvalue weighted by Gasteiger charge is 2.44. The maximum absolute atomic E-state index is 11.1. The molecule has 1 rings (SSSR count). The van der Waals surface area contributed by atoms with E-state index in [9.17, 15) is 18.0 Å². The summed E-state index contributed by atoms with van der Waals surface area (Å²) in [5.41, 5.74) is 0. The molecule has 2 N–H and O–H groups in total. The number of rotatable bonds is 2. The molecule has 1 saturated heterocycles. The normalized spacial score (nSPS) is 23.5. The zero-order valence-electron chi connectivity index (χ0n) is 6.22. The van der Waals surface area contributed by atoms with Crippen molar-refractivity contribution in [3.05, 3.63) is 0 Å². The van der Waals surface area contributed by atoms with Crippen LogP contribution < -0.4 is 4.83 Å². The lowest BCUT2D eigenvalue weighted by molar-refractivity contribution is -0.122. The minimum atomic E-state index is -4.59. The summed E-state index contributed by atoms with van der Waals surface area (Å²) in [7, 11) is -4.59. The Kier molecular flexibility index (Phi) is 3.16. The fourth-order valence-electron chi connectivity index (χ4n) is 0.699. The first kappa shape index (κ1) is 11.8. The van der Waals surface area contributed by atoms with Gasteiger partial charge in [0.05, 0.1) is 16.1 Å². The first-order valence-corrected chi connectivity index (χ1v) is 6.02.